The Balaban J connectivity index is 1.40. The molecule has 2 aromatic carbocycles. The lowest BCUT2D eigenvalue weighted by Gasteiger charge is -2.16. The summed E-state index contributed by atoms with van der Waals surface area (Å²) >= 11 is 1.68. The third-order valence-electron chi connectivity index (χ3n) is 5.56. The first-order valence-corrected chi connectivity index (χ1v) is 12.1. The van der Waals surface area contributed by atoms with E-state index in [9.17, 15) is 9.59 Å². The molecule has 0 saturated carbocycles. The van der Waals surface area contributed by atoms with E-state index in [1.807, 2.05) is 73.7 Å². The maximum Gasteiger partial charge on any atom is 0.282 e. The summed E-state index contributed by atoms with van der Waals surface area (Å²) in [7, 11) is 0. The summed E-state index contributed by atoms with van der Waals surface area (Å²) in [6, 6.07) is 21.5. The molecule has 0 fully saturated rings. The topological polar surface area (TPSA) is 61.8 Å². The zero-order chi connectivity index (χ0) is 24.3. The Morgan fingerprint density at radius 3 is 2.35 bits per heavy atom. The summed E-state index contributed by atoms with van der Waals surface area (Å²) in [4.78, 5) is 33.8. The highest BCUT2D eigenvalue weighted by Crippen LogP contribution is 2.32. The number of aliphatic imine (C=N–C) groups is 1. The third-order valence-corrected chi connectivity index (χ3v) is 7.02. The van der Waals surface area contributed by atoms with Crippen molar-refractivity contribution in [3.05, 3.63) is 93.3 Å². The van der Waals surface area contributed by atoms with Crippen molar-refractivity contribution in [3.63, 3.8) is 0 Å². The highest BCUT2D eigenvalue weighted by molar-refractivity contribution is 7.13. The minimum atomic E-state index is -0.142. The summed E-state index contributed by atoms with van der Waals surface area (Å²) in [6.07, 6.45) is 2.14. The van der Waals surface area contributed by atoms with Crippen LogP contribution in [-0.4, -0.2) is 17.6 Å². The lowest BCUT2D eigenvalue weighted by Crippen LogP contribution is -2.30. The Labute approximate surface area is 204 Å². The molecular formula is C28H29N3O2S. The van der Waals surface area contributed by atoms with Crippen molar-refractivity contribution in [2.75, 3.05) is 4.90 Å². The number of carbonyl (C=O) groups excluding carboxylic acids is 2. The van der Waals surface area contributed by atoms with Gasteiger partial charge in [-0.15, -0.1) is 11.3 Å². The smallest absolute Gasteiger partial charge is 0.282 e. The van der Waals surface area contributed by atoms with Gasteiger partial charge in [0, 0.05) is 16.3 Å². The van der Waals surface area contributed by atoms with E-state index in [0.717, 1.165) is 21.7 Å². The van der Waals surface area contributed by atoms with E-state index < -0.39 is 0 Å². The molecule has 1 N–H and O–H groups in total. The molecular weight excluding hydrogens is 442 g/mol. The zero-order valence-electron chi connectivity index (χ0n) is 20.0. The van der Waals surface area contributed by atoms with E-state index >= 15 is 0 Å². The average molecular weight is 472 g/mol. The highest BCUT2D eigenvalue weighted by atomic mass is 32.1. The fraction of sp³-hybridized carbons (Fsp3) is 0.250. The van der Waals surface area contributed by atoms with Crippen LogP contribution in [-0.2, 0) is 28.0 Å². The summed E-state index contributed by atoms with van der Waals surface area (Å²) in [5.41, 5.74) is 3.20. The lowest BCUT2D eigenvalue weighted by atomic mass is 9.95. The fourth-order valence-electron chi connectivity index (χ4n) is 3.71. The molecule has 174 valence electrons. The number of amides is 2. The van der Waals surface area contributed by atoms with Crippen molar-refractivity contribution in [1.29, 1.82) is 0 Å². The van der Waals surface area contributed by atoms with E-state index in [1.54, 1.807) is 16.2 Å². The zero-order valence-corrected chi connectivity index (χ0v) is 20.8. The van der Waals surface area contributed by atoms with E-state index in [0.29, 0.717) is 18.1 Å². The molecule has 2 heterocycles. The predicted octanol–water partition coefficient (Wildman–Crippen LogP) is 5.71. The molecule has 0 saturated heterocycles. The Morgan fingerprint density at radius 2 is 1.71 bits per heavy atom. The summed E-state index contributed by atoms with van der Waals surface area (Å²) in [5, 5.41) is 2.94. The average Bonchev–Trinajstić information content (AvgIpc) is 3.38. The normalized spacial score (nSPS) is 15.1. The molecule has 0 bridgehead atoms. The fourth-order valence-corrected chi connectivity index (χ4v) is 4.71. The molecule has 2 amide bonds. The van der Waals surface area contributed by atoms with Crippen molar-refractivity contribution in [2.45, 2.75) is 46.1 Å². The van der Waals surface area contributed by atoms with Gasteiger partial charge in [-0.1, -0.05) is 63.2 Å². The first-order valence-electron chi connectivity index (χ1n) is 11.3. The van der Waals surface area contributed by atoms with Gasteiger partial charge < -0.3 is 5.32 Å². The predicted molar refractivity (Wildman–Crippen MR) is 140 cm³/mol. The van der Waals surface area contributed by atoms with Gasteiger partial charge in [0.25, 0.3) is 5.91 Å². The Bertz CT molecular complexity index is 1250. The van der Waals surface area contributed by atoms with E-state index in [-0.39, 0.29) is 23.7 Å². The minimum absolute atomic E-state index is 0.0395. The van der Waals surface area contributed by atoms with E-state index in [2.05, 4.69) is 37.1 Å². The van der Waals surface area contributed by atoms with Crippen LogP contribution in [0.5, 0.6) is 0 Å². The quantitative estimate of drug-likeness (QED) is 0.468. The van der Waals surface area contributed by atoms with Crippen LogP contribution < -0.4 is 10.2 Å². The number of carbonyl (C=O) groups is 2. The van der Waals surface area contributed by atoms with Crippen LogP contribution in [0.1, 0.15) is 48.6 Å². The largest absolute Gasteiger partial charge is 0.352 e. The van der Waals surface area contributed by atoms with Crippen LogP contribution in [0.4, 0.5) is 5.69 Å². The van der Waals surface area contributed by atoms with Gasteiger partial charge in [0.1, 0.15) is 11.5 Å². The Morgan fingerprint density at radius 1 is 1.00 bits per heavy atom. The number of amidine groups is 1. The number of nitrogens with zero attached hydrogens (tertiary/aromatic N) is 2. The molecule has 0 radical (unpaired) electrons. The number of hydrogen-bond donors (Lipinski definition) is 1. The molecule has 0 atom stereocenters. The molecule has 6 heteroatoms. The number of anilines is 1. The Kier molecular flexibility index (Phi) is 6.80. The number of rotatable bonds is 6. The first kappa shape index (κ1) is 23.6. The van der Waals surface area contributed by atoms with Crippen LogP contribution in [0.2, 0.25) is 0 Å². The van der Waals surface area contributed by atoms with Crippen molar-refractivity contribution in [2.24, 2.45) is 4.99 Å². The van der Waals surface area contributed by atoms with Crippen molar-refractivity contribution < 1.29 is 9.59 Å². The molecule has 34 heavy (non-hydrogen) atoms. The standard InChI is InChI=1S/C28H29N3O2S/c1-19-30-24(17-23-14-15-25(34-23)28(2,3)4)27(33)31(19)22-12-10-20(11-13-22)16-26(32)29-18-21-8-6-5-7-9-21/h5-15,17H,16,18H2,1-4H3,(H,29,32)/b24-17-. The van der Waals surface area contributed by atoms with Crippen LogP contribution >= 0.6 is 11.3 Å². The van der Waals surface area contributed by atoms with Crippen molar-refractivity contribution >= 4 is 40.8 Å². The molecule has 5 nitrogen and oxygen atoms in total. The third kappa shape index (κ3) is 5.51. The number of hydrogen-bond acceptors (Lipinski definition) is 4. The molecule has 4 rings (SSSR count). The second kappa shape index (κ2) is 9.77. The van der Waals surface area contributed by atoms with Crippen LogP contribution in [0, 0.1) is 0 Å². The van der Waals surface area contributed by atoms with Crippen molar-refractivity contribution in [1.82, 2.24) is 5.32 Å². The van der Waals surface area contributed by atoms with Gasteiger partial charge in [-0.05, 0) is 53.8 Å². The van der Waals surface area contributed by atoms with Crippen LogP contribution in [0.25, 0.3) is 6.08 Å². The summed E-state index contributed by atoms with van der Waals surface area (Å²) < 4.78 is 0. The van der Waals surface area contributed by atoms with Gasteiger partial charge in [-0.25, -0.2) is 4.99 Å². The summed E-state index contributed by atoms with van der Waals surface area (Å²) in [5.74, 6) is 0.455. The van der Waals surface area contributed by atoms with Gasteiger partial charge in [0.15, 0.2) is 0 Å². The highest BCUT2D eigenvalue weighted by Gasteiger charge is 2.29. The van der Waals surface area contributed by atoms with E-state index in [4.69, 9.17) is 0 Å². The van der Waals surface area contributed by atoms with Gasteiger partial charge in [-0.2, -0.15) is 0 Å². The minimum Gasteiger partial charge on any atom is -0.352 e. The molecule has 0 aliphatic carbocycles. The maximum absolute atomic E-state index is 13.1. The molecule has 3 aromatic rings. The van der Waals surface area contributed by atoms with Crippen LogP contribution in [0.15, 0.2) is 77.4 Å². The molecule has 1 aromatic heterocycles. The molecule has 1 aliphatic heterocycles. The number of benzene rings is 2. The molecule has 0 spiro atoms. The monoisotopic (exact) mass is 471 g/mol. The molecule has 0 unspecified atom stereocenters. The lowest BCUT2D eigenvalue weighted by molar-refractivity contribution is -0.120. The van der Waals surface area contributed by atoms with Gasteiger partial charge in [-0.3, -0.25) is 14.5 Å². The number of nitrogens with one attached hydrogen (secondary N) is 1. The van der Waals surface area contributed by atoms with Crippen LogP contribution in [0.3, 0.4) is 0 Å². The van der Waals surface area contributed by atoms with Gasteiger partial charge in [0.05, 0.1) is 12.1 Å². The SMILES string of the molecule is CC1=N/C(=C\c2ccc(C(C)(C)C)s2)C(=O)N1c1ccc(CC(=O)NCc2ccccc2)cc1. The first-order chi connectivity index (χ1) is 16.2. The Hall–Kier alpha value is -3.51. The van der Waals surface area contributed by atoms with E-state index in [1.165, 1.54) is 4.88 Å². The van der Waals surface area contributed by atoms with Crippen molar-refractivity contribution in [3.8, 4) is 0 Å². The summed E-state index contributed by atoms with van der Waals surface area (Å²) in [6.45, 7) is 8.87. The van der Waals surface area contributed by atoms with Gasteiger partial charge in [0.2, 0.25) is 5.91 Å². The van der Waals surface area contributed by atoms with Gasteiger partial charge >= 0.3 is 0 Å². The second-order valence-electron chi connectivity index (χ2n) is 9.39. The molecule has 1 aliphatic rings. The second-order valence-corrected chi connectivity index (χ2v) is 10.5. The maximum atomic E-state index is 13.1. The number of thiophene rings is 1.